The Labute approximate surface area is 166 Å². The van der Waals surface area contributed by atoms with Crippen LogP contribution in [-0.2, 0) is 17.1 Å². The lowest BCUT2D eigenvalue weighted by molar-refractivity contribution is 0.101. The van der Waals surface area contributed by atoms with Crippen LogP contribution in [0.15, 0.2) is 29.3 Å². The van der Waals surface area contributed by atoms with Gasteiger partial charge in [0.1, 0.15) is 10.6 Å². The minimum Gasteiger partial charge on any atom is -0.343 e. The van der Waals surface area contributed by atoms with Gasteiger partial charge in [0.25, 0.3) is 5.91 Å². The molecule has 0 aliphatic carbocycles. The molecule has 1 aliphatic rings. The van der Waals surface area contributed by atoms with Crippen molar-refractivity contribution in [2.75, 3.05) is 18.4 Å². The largest absolute Gasteiger partial charge is 0.343 e. The Morgan fingerprint density at radius 2 is 1.97 bits per heavy atom. The summed E-state index contributed by atoms with van der Waals surface area (Å²) in [5.74, 6) is -4.44. The molecular formula is C18H21F3N4O3S. The van der Waals surface area contributed by atoms with Crippen molar-refractivity contribution in [3.05, 3.63) is 47.5 Å². The summed E-state index contributed by atoms with van der Waals surface area (Å²) in [7, 11) is -2.91. The van der Waals surface area contributed by atoms with Crippen molar-refractivity contribution in [2.45, 2.75) is 24.3 Å². The average Bonchev–Trinajstić information content (AvgIpc) is 2.95. The first-order valence-corrected chi connectivity index (χ1v) is 10.4. The van der Waals surface area contributed by atoms with Gasteiger partial charge in [-0.1, -0.05) is 6.92 Å². The Bertz CT molecular complexity index is 1040. The third-order valence-corrected chi connectivity index (χ3v) is 6.38. The average molecular weight is 430 g/mol. The van der Waals surface area contributed by atoms with Gasteiger partial charge in [0.2, 0.25) is 10.0 Å². The number of rotatable bonds is 5. The molecule has 1 aromatic heterocycles. The van der Waals surface area contributed by atoms with Gasteiger partial charge in [-0.25, -0.2) is 26.3 Å². The molecule has 2 atom stereocenters. The SMILES string of the molecule is CC1CCNCC1NS(=O)(=O)c1cn(C)c(C(=O)Nc2ccc(F)c(F)c2)c1F. The summed E-state index contributed by atoms with van der Waals surface area (Å²) in [6.45, 7) is 3.09. The second kappa shape index (κ2) is 8.17. The normalized spacial score (nSPS) is 19.9. The molecule has 1 saturated heterocycles. The molecule has 11 heteroatoms. The third kappa shape index (κ3) is 4.46. The van der Waals surface area contributed by atoms with Crippen LogP contribution < -0.4 is 15.4 Å². The van der Waals surface area contributed by atoms with Crippen LogP contribution in [0.4, 0.5) is 18.9 Å². The number of hydrogen-bond donors (Lipinski definition) is 3. The van der Waals surface area contributed by atoms with E-state index in [-0.39, 0.29) is 11.6 Å². The molecule has 29 heavy (non-hydrogen) atoms. The van der Waals surface area contributed by atoms with E-state index >= 15 is 0 Å². The molecule has 0 spiro atoms. The Morgan fingerprint density at radius 1 is 1.24 bits per heavy atom. The van der Waals surface area contributed by atoms with Crippen molar-refractivity contribution < 1.29 is 26.4 Å². The molecule has 2 aromatic rings. The molecule has 3 N–H and O–H groups in total. The van der Waals surface area contributed by atoms with E-state index in [1.165, 1.54) is 7.05 Å². The number of nitrogens with one attached hydrogen (secondary N) is 3. The third-order valence-electron chi connectivity index (χ3n) is 4.90. The van der Waals surface area contributed by atoms with Crippen molar-refractivity contribution in [1.82, 2.24) is 14.6 Å². The van der Waals surface area contributed by atoms with Crippen molar-refractivity contribution >= 4 is 21.6 Å². The van der Waals surface area contributed by atoms with Crippen LogP contribution in [0.3, 0.4) is 0 Å². The number of piperidine rings is 1. The number of aromatic nitrogens is 1. The predicted octanol–water partition coefficient (Wildman–Crippen LogP) is 1.97. The monoisotopic (exact) mass is 430 g/mol. The first kappa shape index (κ1) is 21.3. The number of sulfonamides is 1. The summed E-state index contributed by atoms with van der Waals surface area (Å²) in [5, 5.41) is 5.31. The van der Waals surface area contributed by atoms with Crippen LogP contribution in [0.25, 0.3) is 0 Å². The predicted molar refractivity (Wildman–Crippen MR) is 100 cm³/mol. The van der Waals surface area contributed by atoms with Crippen molar-refractivity contribution in [3.8, 4) is 0 Å². The summed E-state index contributed by atoms with van der Waals surface area (Å²) in [5.41, 5.74) is -0.649. The van der Waals surface area contributed by atoms with E-state index in [0.29, 0.717) is 6.54 Å². The molecular weight excluding hydrogens is 409 g/mol. The van der Waals surface area contributed by atoms with Crippen molar-refractivity contribution in [2.24, 2.45) is 13.0 Å². The number of carbonyl (C=O) groups is 1. The number of amides is 1. The Kier molecular flexibility index (Phi) is 6.01. The molecule has 1 aliphatic heterocycles. The maximum atomic E-state index is 14.9. The highest BCUT2D eigenvalue weighted by atomic mass is 32.2. The number of halogens is 3. The van der Waals surface area contributed by atoms with Crippen LogP contribution in [0.2, 0.25) is 0 Å². The van der Waals surface area contributed by atoms with E-state index < -0.39 is 50.0 Å². The Balaban J connectivity index is 1.85. The van der Waals surface area contributed by atoms with Crippen LogP contribution in [0, 0.1) is 23.4 Å². The fraction of sp³-hybridized carbons (Fsp3) is 0.389. The highest BCUT2D eigenvalue weighted by molar-refractivity contribution is 7.89. The zero-order chi connectivity index (χ0) is 21.3. The Morgan fingerprint density at radius 3 is 2.62 bits per heavy atom. The number of carbonyl (C=O) groups excluding carboxylic acids is 1. The number of anilines is 1. The fourth-order valence-corrected chi connectivity index (χ4v) is 4.66. The van der Waals surface area contributed by atoms with Gasteiger partial charge in [0.05, 0.1) is 0 Å². The molecule has 0 saturated carbocycles. The zero-order valence-corrected chi connectivity index (χ0v) is 16.6. The van der Waals surface area contributed by atoms with Gasteiger partial charge in [-0.2, -0.15) is 0 Å². The lowest BCUT2D eigenvalue weighted by atomic mass is 9.96. The summed E-state index contributed by atoms with van der Waals surface area (Å²) < 4.78 is 70.1. The molecule has 0 radical (unpaired) electrons. The highest BCUT2D eigenvalue weighted by Gasteiger charge is 2.32. The van der Waals surface area contributed by atoms with E-state index in [4.69, 9.17) is 0 Å². The van der Waals surface area contributed by atoms with Gasteiger partial charge >= 0.3 is 0 Å². The molecule has 3 rings (SSSR count). The molecule has 1 amide bonds. The number of benzene rings is 1. The number of hydrogen-bond acceptors (Lipinski definition) is 4. The Hall–Kier alpha value is -2.37. The highest BCUT2D eigenvalue weighted by Crippen LogP contribution is 2.23. The van der Waals surface area contributed by atoms with Gasteiger partial charge in [0, 0.05) is 37.6 Å². The van der Waals surface area contributed by atoms with E-state index in [9.17, 15) is 26.4 Å². The van der Waals surface area contributed by atoms with Gasteiger partial charge in [-0.05, 0) is 31.0 Å². The second-order valence-electron chi connectivity index (χ2n) is 7.05. The van der Waals surface area contributed by atoms with Crippen LogP contribution in [-0.4, -0.2) is 38.0 Å². The van der Waals surface area contributed by atoms with Gasteiger partial charge in [0.15, 0.2) is 17.5 Å². The summed E-state index contributed by atoms with van der Waals surface area (Å²) in [4.78, 5) is 11.8. The molecule has 2 unspecified atom stereocenters. The molecule has 1 aromatic carbocycles. The second-order valence-corrected chi connectivity index (χ2v) is 8.73. The maximum Gasteiger partial charge on any atom is 0.275 e. The van der Waals surface area contributed by atoms with Crippen LogP contribution >= 0.6 is 0 Å². The maximum absolute atomic E-state index is 14.9. The number of aryl methyl sites for hydroxylation is 1. The van der Waals surface area contributed by atoms with Gasteiger partial charge in [-0.3, -0.25) is 4.79 Å². The molecule has 2 heterocycles. The van der Waals surface area contributed by atoms with E-state index in [1.807, 2.05) is 6.92 Å². The quantitative estimate of drug-likeness (QED) is 0.676. The summed E-state index contributed by atoms with van der Waals surface area (Å²) in [6.07, 6.45) is 1.77. The van der Waals surface area contributed by atoms with Gasteiger partial charge < -0.3 is 15.2 Å². The fourth-order valence-electron chi connectivity index (χ4n) is 3.19. The summed E-state index contributed by atoms with van der Waals surface area (Å²) >= 11 is 0. The van der Waals surface area contributed by atoms with E-state index in [0.717, 1.165) is 41.9 Å². The summed E-state index contributed by atoms with van der Waals surface area (Å²) in [6, 6.07) is 2.25. The topological polar surface area (TPSA) is 92.2 Å². The molecule has 7 nitrogen and oxygen atoms in total. The van der Waals surface area contributed by atoms with Crippen molar-refractivity contribution in [3.63, 3.8) is 0 Å². The number of nitrogens with zero attached hydrogens (tertiary/aromatic N) is 1. The molecule has 158 valence electrons. The zero-order valence-electron chi connectivity index (χ0n) is 15.8. The molecule has 0 bridgehead atoms. The van der Waals surface area contributed by atoms with Crippen LogP contribution in [0.1, 0.15) is 23.8 Å². The first-order chi connectivity index (χ1) is 13.6. The van der Waals surface area contributed by atoms with E-state index in [2.05, 4.69) is 15.4 Å². The molecule has 1 fully saturated rings. The van der Waals surface area contributed by atoms with Gasteiger partial charge in [-0.15, -0.1) is 0 Å². The van der Waals surface area contributed by atoms with Crippen molar-refractivity contribution in [1.29, 1.82) is 0 Å². The minimum absolute atomic E-state index is 0.0638. The first-order valence-electron chi connectivity index (χ1n) is 8.94. The van der Waals surface area contributed by atoms with E-state index in [1.54, 1.807) is 0 Å². The smallest absolute Gasteiger partial charge is 0.275 e. The standard InChI is InChI=1S/C18H21F3N4O3S/c1-10-5-6-22-8-14(10)24-29(27,28)15-9-25(2)17(16(15)21)18(26)23-11-3-4-12(19)13(20)7-11/h3-4,7,9-10,14,22,24H,5-6,8H2,1-2H3,(H,23,26). The lowest BCUT2D eigenvalue weighted by Crippen LogP contribution is -2.50. The lowest BCUT2D eigenvalue weighted by Gasteiger charge is -2.29. The minimum atomic E-state index is -4.22. The van der Waals surface area contributed by atoms with Crippen LogP contribution in [0.5, 0.6) is 0 Å².